The minimum absolute atomic E-state index is 0.0550. The third-order valence-electron chi connectivity index (χ3n) is 3.31. The quantitative estimate of drug-likeness (QED) is 0.731. The Morgan fingerprint density at radius 3 is 2.44 bits per heavy atom. The molecular weight excluding hydrogens is 202 g/mol. The molecule has 1 aliphatic heterocycles. The summed E-state index contributed by atoms with van der Waals surface area (Å²) in [5.41, 5.74) is -0.465. The van der Waals surface area contributed by atoms with Crippen molar-refractivity contribution in [1.29, 1.82) is 0 Å². The lowest BCUT2D eigenvalue weighted by atomic mass is 9.82. The summed E-state index contributed by atoms with van der Waals surface area (Å²) < 4.78 is 5.94. The molecule has 1 N–H and O–H groups in total. The molecule has 1 saturated heterocycles. The van der Waals surface area contributed by atoms with Crippen molar-refractivity contribution in [3.63, 3.8) is 0 Å². The molecule has 1 rings (SSSR count). The summed E-state index contributed by atoms with van der Waals surface area (Å²) in [6.45, 7) is 9.10. The van der Waals surface area contributed by atoms with E-state index in [9.17, 15) is 4.79 Å². The van der Waals surface area contributed by atoms with E-state index >= 15 is 0 Å². The highest BCUT2D eigenvalue weighted by molar-refractivity contribution is 5.82. The van der Waals surface area contributed by atoms with Gasteiger partial charge in [0.2, 0.25) is 0 Å². The Bertz CT molecular complexity index is 259. The number of rotatable bonds is 5. The average molecular weight is 227 g/mol. The van der Waals surface area contributed by atoms with Gasteiger partial charge in [-0.05, 0) is 54.1 Å². The first kappa shape index (κ1) is 13.7. The minimum atomic E-state index is -0.305. The van der Waals surface area contributed by atoms with Crippen molar-refractivity contribution in [3.05, 3.63) is 0 Å². The average Bonchev–Trinajstić information content (AvgIpc) is 2.34. The Morgan fingerprint density at radius 2 is 2.00 bits per heavy atom. The second kappa shape index (κ2) is 4.84. The van der Waals surface area contributed by atoms with Crippen molar-refractivity contribution in [1.82, 2.24) is 5.32 Å². The van der Waals surface area contributed by atoms with Crippen LogP contribution in [-0.2, 0) is 9.53 Å². The van der Waals surface area contributed by atoms with Crippen LogP contribution in [0, 0.1) is 5.92 Å². The molecule has 1 fully saturated rings. The summed E-state index contributed by atoms with van der Waals surface area (Å²) in [5.74, 6) is 0.408. The van der Waals surface area contributed by atoms with E-state index in [1.165, 1.54) is 0 Å². The second-order valence-electron chi connectivity index (χ2n) is 5.90. The second-order valence-corrected chi connectivity index (χ2v) is 5.90. The van der Waals surface area contributed by atoms with Crippen molar-refractivity contribution in [2.24, 2.45) is 5.92 Å². The van der Waals surface area contributed by atoms with Crippen LogP contribution in [0.5, 0.6) is 0 Å². The predicted molar refractivity (Wildman–Crippen MR) is 65.5 cm³/mol. The number of hydrogen-bond acceptors (Lipinski definition) is 3. The maximum Gasteiger partial charge on any atom is 0.138 e. The van der Waals surface area contributed by atoms with Gasteiger partial charge in [-0.3, -0.25) is 4.79 Å². The highest BCUT2D eigenvalue weighted by atomic mass is 16.5. The van der Waals surface area contributed by atoms with Crippen LogP contribution in [0.4, 0.5) is 0 Å². The van der Waals surface area contributed by atoms with Gasteiger partial charge in [0.05, 0.1) is 11.2 Å². The van der Waals surface area contributed by atoms with Crippen molar-refractivity contribution in [2.45, 2.75) is 58.2 Å². The molecule has 0 spiro atoms. The van der Waals surface area contributed by atoms with E-state index in [2.05, 4.69) is 19.2 Å². The summed E-state index contributed by atoms with van der Waals surface area (Å²) in [6, 6.07) is 0. The number of Topliss-reactive ketones (excluding diaryl/α,β-unsaturated/α-hetero) is 1. The third kappa shape index (κ3) is 3.29. The first-order valence-electron chi connectivity index (χ1n) is 6.16. The topological polar surface area (TPSA) is 38.3 Å². The van der Waals surface area contributed by atoms with Crippen LogP contribution >= 0.6 is 0 Å². The zero-order chi connectivity index (χ0) is 12.4. The number of hydrogen-bond donors (Lipinski definition) is 1. The highest BCUT2D eigenvalue weighted by Gasteiger charge is 2.48. The molecule has 3 nitrogen and oxygen atoms in total. The zero-order valence-corrected chi connectivity index (χ0v) is 11.2. The Balaban J connectivity index is 2.56. The molecule has 0 aromatic carbocycles. The molecule has 16 heavy (non-hydrogen) atoms. The van der Waals surface area contributed by atoms with Gasteiger partial charge >= 0.3 is 0 Å². The van der Waals surface area contributed by atoms with Crippen LogP contribution in [0.2, 0.25) is 0 Å². The van der Waals surface area contributed by atoms with Gasteiger partial charge in [-0.25, -0.2) is 0 Å². The number of carbonyl (C=O) groups is 1. The molecule has 0 radical (unpaired) electrons. The van der Waals surface area contributed by atoms with E-state index in [0.29, 0.717) is 12.2 Å². The molecular formula is C13H25NO2. The van der Waals surface area contributed by atoms with Gasteiger partial charge in [-0.15, -0.1) is 0 Å². The molecule has 0 bridgehead atoms. The van der Waals surface area contributed by atoms with Crippen molar-refractivity contribution in [3.8, 4) is 0 Å². The number of ketones is 1. The van der Waals surface area contributed by atoms with Gasteiger partial charge in [0.15, 0.2) is 0 Å². The molecule has 1 heterocycles. The Labute approximate surface area is 98.9 Å². The van der Waals surface area contributed by atoms with E-state index in [-0.39, 0.29) is 17.1 Å². The van der Waals surface area contributed by atoms with E-state index < -0.39 is 0 Å². The first-order chi connectivity index (χ1) is 7.28. The highest BCUT2D eigenvalue weighted by Crippen LogP contribution is 2.42. The SMILES string of the molecule is CNCCCC(=O)C1CC(C)(C)OC1(C)C. The molecule has 94 valence electrons. The summed E-state index contributed by atoms with van der Waals surface area (Å²) in [5, 5.41) is 3.07. The molecule has 3 heteroatoms. The van der Waals surface area contributed by atoms with E-state index in [1.807, 2.05) is 20.9 Å². The van der Waals surface area contributed by atoms with Crippen LogP contribution in [-0.4, -0.2) is 30.6 Å². The minimum Gasteiger partial charge on any atom is -0.369 e. The molecule has 0 amide bonds. The lowest BCUT2D eigenvalue weighted by molar-refractivity contribution is -0.129. The molecule has 1 aliphatic rings. The van der Waals surface area contributed by atoms with Gasteiger partial charge in [-0.1, -0.05) is 0 Å². The van der Waals surface area contributed by atoms with E-state index in [1.54, 1.807) is 0 Å². The first-order valence-corrected chi connectivity index (χ1v) is 6.16. The van der Waals surface area contributed by atoms with Crippen LogP contribution in [0.1, 0.15) is 47.0 Å². The number of ether oxygens (including phenoxy) is 1. The van der Waals surface area contributed by atoms with E-state index in [4.69, 9.17) is 4.74 Å². The lowest BCUT2D eigenvalue weighted by Crippen LogP contribution is -2.34. The zero-order valence-electron chi connectivity index (χ0n) is 11.2. The van der Waals surface area contributed by atoms with Crippen molar-refractivity contribution in [2.75, 3.05) is 13.6 Å². The Hall–Kier alpha value is -0.410. The van der Waals surface area contributed by atoms with Crippen LogP contribution in [0.3, 0.4) is 0 Å². The molecule has 1 unspecified atom stereocenters. The predicted octanol–water partition coefficient (Wildman–Crippen LogP) is 2.15. The van der Waals surface area contributed by atoms with Gasteiger partial charge in [0.25, 0.3) is 0 Å². The smallest absolute Gasteiger partial charge is 0.138 e. The van der Waals surface area contributed by atoms with Gasteiger partial charge < -0.3 is 10.1 Å². The fourth-order valence-corrected chi connectivity index (χ4v) is 2.68. The Morgan fingerprint density at radius 1 is 1.38 bits per heavy atom. The molecule has 0 saturated carbocycles. The summed E-state index contributed by atoms with van der Waals surface area (Å²) in [6.07, 6.45) is 2.43. The van der Waals surface area contributed by atoms with Crippen LogP contribution in [0.25, 0.3) is 0 Å². The largest absolute Gasteiger partial charge is 0.369 e. The summed E-state index contributed by atoms with van der Waals surface area (Å²) in [4.78, 5) is 12.1. The van der Waals surface area contributed by atoms with Gasteiger partial charge in [0, 0.05) is 12.3 Å². The number of nitrogens with one attached hydrogen (secondary N) is 1. The molecule has 1 atom stereocenters. The van der Waals surface area contributed by atoms with Crippen LogP contribution in [0.15, 0.2) is 0 Å². The fraction of sp³-hybridized carbons (Fsp3) is 0.923. The monoisotopic (exact) mass is 227 g/mol. The van der Waals surface area contributed by atoms with Gasteiger partial charge in [-0.2, -0.15) is 0 Å². The van der Waals surface area contributed by atoms with Crippen molar-refractivity contribution < 1.29 is 9.53 Å². The molecule has 0 aromatic heterocycles. The number of carbonyl (C=O) groups excluding carboxylic acids is 1. The van der Waals surface area contributed by atoms with Gasteiger partial charge in [0.1, 0.15) is 5.78 Å². The third-order valence-corrected chi connectivity index (χ3v) is 3.31. The summed E-state index contributed by atoms with van der Waals surface area (Å²) >= 11 is 0. The summed E-state index contributed by atoms with van der Waals surface area (Å²) in [7, 11) is 1.91. The van der Waals surface area contributed by atoms with E-state index in [0.717, 1.165) is 19.4 Å². The maximum atomic E-state index is 12.1. The fourth-order valence-electron chi connectivity index (χ4n) is 2.68. The molecule has 0 aromatic rings. The van der Waals surface area contributed by atoms with Crippen molar-refractivity contribution >= 4 is 5.78 Å². The molecule has 0 aliphatic carbocycles. The lowest BCUT2D eigenvalue weighted by Gasteiger charge is -2.26. The normalized spacial score (nSPS) is 26.9. The standard InChI is InChI=1S/C13H25NO2/c1-12(2)9-10(13(3,4)16-12)11(15)7-6-8-14-5/h10,14H,6-9H2,1-5H3. The van der Waals surface area contributed by atoms with Crippen LogP contribution < -0.4 is 5.32 Å². The maximum absolute atomic E-state index is 12.1. The Kier molecular flexibility index (Phi) is 4.13.